The molecule has 35 heavy (non-hydrogen) atoms. The molecule has 3 saturated heterocycles. The van der Waals surface area contributed by atoms with E-state index < -0.39 is 0 Å². The summed E-state index contributed by atoms with van der Waals surface area (Å²) in [5.41, 5.74) is 6.07. The first-order chi connectivity index (χ1) is 17.0. The SMILES string of the molecule is COc1ccc(-c2nc3c(C)cc(C4CCN(C5CC6CCC(C5)N6)CC4)cc3n2C)cc1OC. The molecule has 0 spiro atoms. The summed E-state index contributed by atoms with van der Waals surface area (Å²) in [7, 11) is 5.46. The second-order valence-corrected chi connectivity index (χ2v) is 10.8. The van der Waals surface area contributed by atoms with Gasteiger partial charge in [-0.15, -0.1) is 0 Å². The predicted molar refractivity (Wildman–Crippen MR) is 141 cm³/mol. The number of ether oxygens (including phenoxy) is 2. The maximum absolute atomic E-state index is 5.53. The Morgan fingerprint density at radius 3 is 2.31 bits per heavy atom. The van der Waals surface area contributed by atoms with Crippen LogP contribution in [0, 0.1) is 6.92 Å². The largest absolute Gasteiger partial charge is 0.493 e. The lowest BCUT2D eigenvalue weighted by atomic mass is 9.86. The monoisotopic (exact) mass is 474 g/mol. The third-order valence-electron chi connectivity index (χ3n) is 8.81. The van der Waals surface area contributed by atoms with Gasteiger partial charge in [0.1, 0.15) is 5.82 Å². The predicted octanol–water partition coefficient (Wildman–Crippen LogP) is 5.03. The van der Waals surface area contributed by atoms with Gasteiger partial charge in [0.05, 0.1) is 25.3 Å². The van der Waals surface area contributed by atoms with Crippen LogP contribution in [0.15, 0.2) is 30.3 Å². The van der Waals surface area contributed by atoms with E-state index in [0.717, 1.165) is 46.5 Å². The molecule has 3 aromatic rings. The molecule has 2 unspecified atom stereocenters. The zero-order valence-electron chi connectivity index (χ0n) is 21.5. The summed E-state index contributed by atoms with van der Waals surface area (Å²) >= 11 is 0. The number of fused-ring (bicyclic) bond motifs is 3. The highest BCUT2D eigenvalue weighted by Crippen LogP contribution is 2.37. The second-order valence-electron chi connectivity index (χ2n) is 10.8. The van der Waals surface area contributed by atoms with E-state index in [0.29, 0.717) is 5.92 Å². The highest BCUT2D eigenvalue weighted by atomic mass is 16.5. The number of aromatic nitrogens is 2. The number of piperidine rings is 2. The lowest BCUT2D eigenvalue weighted by Gasteiger charge is -2.41. The van der Waals surface area contributed by atoms with Crippen molar-refractivity contribution < 1.29 is 9.47 Å². The minimum absolute atomic E-state index is 0.632. The van der Waals surface area contributed by atoms with Gasteiger partial charge in [-0.3, -0.25) is 0 Å². The maximum Gasteiger partial charge on any atom is 0.161 e. The molecule has 1 aromatic heterocycles. The van der Waals surface area contributed by atoms with Gasteiger partial charge < -0.3 is 24.3 Å². The third-order valence-corrected chi connectivity index (χ3v) is 8.81. The van der Waals surface area contributed by atoms with Crippen LogP contribution in [0.5, 0.6) is 11.5 Å². The Kier molecular flexibility index (Phi) is 5.97. The average molecular weight is 475 g/mol. The first-order valence-electron chi connectivity index (χ1n) is 13.2. The number of hydrogen-bond acceptors (Lipinski definition) is 5. The van der Waals surface area contributed by atoms with E-state index in [-0.39, 0.29) is 0 Å². The first-order valence-corrected chi connectivity index (χ1v) is 13.2. The fourth-order valence-electron chi connectivity index (χ4n) is 6.88. The molecule has 3 aliphatic heterocycles. The molecular weight excluding hydrogens is 436 g/mol. The Labute approximate surface area is 208 Å². The average Bonchev–Trinajstić information content (AvgIpc) is 3.41. The van der Waals surface area contributed by atoms with Crippen LogP contribution < -0.4 is 14.8 Å². The number of imidazole rings is 1. The molecule has 3 aliphatic rings. The molecule has 0 radical (unpaired) electrons. The van der Waals surface area contributed by atoms with Crippen LogP contribution in [0.1, 0.15) is 55.6 Å². The topological polar surface area (TPSA) is 51.5 Å². The summed E-state index contributed by atoms with van der Waals surface area (Å²) in [5.74, 6) is 3.05. The number of rotatable bonds is 5. The minimum atomic E-state index is 0.632. The molecular formula is C29H38N4O2. The van der Waals surface area contributed by atoms with Crippen molar-refractivity contribution in [2.24, 2.45) is 7.05 Å². The number of hydrogen-bond donors (Lipinski definition) is 1. The van der Waals surface area contributed by atoms with Crippen molar-refractivity contribution in [2.45, 2.75) is 69.5 Å². The van der Waals surface area contributed by atoms with Crippen LogP contribution in [0.4, 0.5) is 0 Å². The first kappa shape index (κ1) is 22.9. The molecule has 6 rings (SSSR count). The molecule has 6 heteroatoms. The summed E-state index contributed by atoms with van der Waals surface area (Å²) < 4.78 is 13.2. The summed E-state index contributed by atoms with van der Waals surface area (Å²) in [6, 6.07) is 13.1. The van der Waals surface area contributed by atoms with E-state index >= 15 is 0 Å². The Bertz CT molecular complexity index is 1220. The molecule has 6 nitrogen and oxygen atoms in total. The minimum Gasteiger partial charge on any atom is -0.493 e. The second kappa shape index (κ2) is 9.14. The van der Waals surface area contributed by atoms with Crippen molar-refractivity contribution in [2.75, 3.05) is 27.3 Å². The van der Waals surface area contributed by atoms with E-state index in [1.165, 1.54) is 68.3 Å². The molecule has 1 N–H and O–H groups in total. The molecule has 0 saturated carbocycles. The van der Waals surface area contributed by atoms with Crippen molar-refractivity contribution >= 4 is 11.0 Å². The van der Waals surface area contributed by atoms with E-state index in [9.17, 15) is 0 Å². The van der Waals surface area contributed by atoms with Gasteiger partial charge in [0.25, 0.3) is 0 Å². The van der Waals surface area contributed by atoms with Crippen molar-refractivity contribution in [3.8, 4) is 22.9 Å². The van der Waals surface area contributed by atoms with E-state index in [4.69, 9.17) is 14.5 Å². The maximum atomic E-state index is 5.53. The molecule has 2 bridgehead atoms. The van der Waals surface area contributed by atoms with Gasteiger partial charge in [0.2, 0.25) is 0 Å². The highest BCUT2D eigenvalue weighted by Gasteiger charge is 2.37. The Morgan fingerprint density at radius 2 is 1.63 bits per heavy atom. The fourth-order valence-corrected chi connectivity index (χ4v) is 6.88. The van der Waals surface area contributed by atoms with Gasteiger partial charge in [0.15, 0.2) is 11.5 Å². The van der Waals surface area contributed by atoms with Crippen molar-refractivity contribution in [1.29, 1.82) is 0 Å². The van der Waals surface area contributed by atoms with Gasteiger partial charge in [-0.05, 0) is 99.8 Å². The number of benzene rings is 2. The van der Waals surface area contributed by atoms with Gasteiger partial charge in [-0.2, -0.15) is 0 Å². The smallest absolute Gasteiger partial charge is 0.161 e. The van der Waals surface area contributed by atoms with Crippen LogP contribution in [0.2, 0.25) is 0 Å². The van der Waals surface area contributed by atoms with E-state index in [2.05, 4.69) is 47.0 Å². The standard InChI is InChI=1S/C29H38N4O2/c1-18-13-21(19-9-11-33(12-10-19)24-16-22-6-7-23(17-24)30-22)14-25-28(18)31-29(32(25)2)20-5-8-26(34-3)27(15-20)35-4/h5,8,13-15,19,22-24,30H,6-7,9-12,16-17H2,1-4H3. The number of likely N-dealkylation sites (tertiary alicyclic amines) is 1. The molecule has 186 valence electrons. The number of methoxy groups -OCH3 is 2. The number of aryl methyl sites for hydroxylation is 2. The Hall–Kier alpha value is -2.57. The molecule has 2 atom stereocenters. The summed E-state index contributed by atoms with van der Waals surface area (Å²) in [6.45, 7) is 4.67. The molecule has 0 aliphatic carbocycles. The van der Waals surface area contributed by atoms with Gasteiger partial charge >= 0.3 is 0 Å². The normalized spacial score (nSPS) is 25.3. The zero-order chi connectivity index (χ0) is 24.1. The van der Waals surface area contributed by atoms with Crippen LogP contribution in [-0.4, -0.2) is 59.9 Å². The van der Waals surface area contributed by atoms with E-state index in [1.54, 1.807) is 14.2 Å². The summed E-state index contributed by atoms with van der Waals surface area (Å²) in [5, 5.41) is 3.80. The van der Waals surface area contributed by atoms with E-state index in [1.807, 2.05) is 12.1 Å². The Balaban J connectivity index is 1.23. The number of nitrogens with one attached hydrogen (secondary N) is 1. The highest BCUT2D eigenvalue weighted by molar-refractivity contribution is 5.84. The van der Waals surface area contributed by atoms with Gasteiger partial charge in [0, 0.05) is 30.7 Å². The lowest BCUT2D eigenvalue weighted by Crippen LogP contribution is -2.50. The molecule has 4 heterocycles. The van der Waals surface area contributed by atoms with Crippen molar-refractivity contribution in [3.63, 3.8) is 0 Å². The Morgan fingerprint density at radius 1 is 0.914 bits per heavy atom. The fraction of sp³-hybridized carbons (Fsp3) is 0.552. The third kappa shape index (κ3) is 4.11. The van der Waals surface area contributed by atoms with Gasteiger partial charge in [-0.1, -0.05) is 6.07 Å². The van der Waals surface area contributed by atoms with Crippen molar-refractivity contribution in [1.82, 2.24) is 19.8 Å². The van der Waals surface area contributed by atoms with Crippen molar-refractivity contribution in [3.05, 3.63) is 41.5 Å². The zero-order valence-corrected chi connectivity index (χ0v) is 21.5. The van der Waals surface area contributed by atoms with Crippen LogP contribution in [0.3, 0.4) is 0 Å². The van der Waals surface area contributed by atoms with Crippen LogP contribution >= 0.6 is 0 Å². The molecule has 3 fully saturated rings. The lowest BCUT2D eigenvalue weighted by molar-refractivity contribution is 0.111. The molecule has 2 aromatic carbocycles. The number of nitrogens with zero attached hydrogens (tertiary/aromatic N) is 3. The van der Waals surface area contributed by atoms with Crippen LogP contribution in [-0.2, 0) is 7.05 Å². The molecule has 0 amide bonds. The van der Waals surface area contributed by atoms with Crippen LogP contribution in [0.25, 0.3) is 22.4 Å². The quantitative estimate of drug-likeness (QED) is 0.562. The summed E-state index contributed by atoms with van der Waals surface area (Å²) in [4.78, 5) is 7.84. The van der Waals surface area contributed by atoms with Gasteiger partial charge in [-0.25, -0.2) is 4.98 Å². The summed E-state index contributed by atoms with van der Waals surface area (Å²) in [6.07, 6.45) is 7.97.